The molecular formula is C43H51N9O6. The van der Waals surface area contributed by atoms with Gasteiger partial charge in [0.2, 0.25) is 5.91 Å². The summed E-state index contributed by atoms with van der Waals surface area (Å²) in [6, 6.07) is 11.1. The highest BCUT2D eigenvalue weighted by atomic mass is 16.5. The minimum Gasteiger partial charge on any atom is -0.490 e. The fourth-order valence-corrected chi connectivity index (χ4v) is 9.20. The van der Waals surface area contributed by atoms with E-state index in [1.807, 2.05) is 49.7 Å². The molecule has 0 unspecified atom stereocenters. The zero-order chi connectivity index (χ0) is 40.2. The fraction of sp³-hybridized carbons (Fsp3) is 0.488. The summed E-state index contributed by atoms with van der Waals surface area (Å²) < 4.78 is 11.4. The largest absolute Gasteiger partial charge is 0.490 e. The molecule has 4 fully saturated rings. The number of aliphatic hydroxyl groups excluding tert-OH is 1. The van der Waals surface area contributed by atoms with Crippen molar-refractivity contribution in [1.82, 2.24) is 33.9 Å². The van der Waals surface area contributed by atoms with E-state index in [0.717, 1.165) is 80.2 Å². The minimum atomic E-state index is -0.502. The van der Waals surface area contributed by atoms with Gasteiger partial charge in [0.15, 0.2) is 5.82 Å². The number of rotatable bonds is 10. The Labute approximate surface area is 336 Å². The molecule has 0 radical (unpaired) electrons. The molecule has 2 atom stereocenters. The SMILES string of the molecule is CC(C)Oc1cc2nc([C@H]3CC[C@H](CN4CC[C@H](c5ccc6c(N7CCC(=O)NC7=O)nn(C)c6c5)[C@H](O)C4)CC3)cn2cc1C(=O)Nc1cccn(C2CC2)c1=O. The Hall–Kier alpha value is -5.54. The maximum Gasteiger partial charge on any atom is 0.329 e. The molecule has 5 aromatic rings. The van der Waals surface area contributed by atoms with Gasteiger partial charge in [0.25, 0.3) is 11.5 Å². The third-order valence-corrected chi connectivity index (χ3v) is 12.4. The molecule has 0 bridgehead atoms. The van der Waals surface area contributed by atoms with Crippen LogP contribution in [0.25, 0.3) is 16.6 Å². The topological polar surface area (TPSA) is 168 Å². The van der Waals surface area contributed by atoms with Crippen LogP contribution in [0.15, 0.2) is 59.8 Å². The Morgan fingerprint density at radius 1 is 1.02 bits per heavy atom. The highest BCUT2D eigenvalue weighted by molar-refractivity contribution is 6.09. The minimum absolute atomic E-state index is 0.000385. The number of hydrogen-bond acceptors (Lipinski definition) is 9. The second kappa shape index (κ2) is 15.3. The Kier molecular flexibility index (Phi) is 10.0. The maximum atomic E-state index is 13.6. The number of pyridine rings is 2. The van der Waals surface area contributed by atoms with E-state index in [1.165, 1.54) is 4.90 Å². The fourth-order valence-electron chi connectivity index (χ4n) is 9.20. The molecule has 2 aliphatic heterocycles. The van der Waals surface area contributed by atoms with Crippen LogP contribution in [0.3, 0.4) is 0 Å². The highest BCUT2D eigenvalue weighted by Crippen LogP contribution is 2.39. The molecule has 0 spiro atoms. The van der Waals surface area contributed by atoms with Gasteiger partial charge in [-0.1, -0.05) is 6.07 Å². The van der Waals surface area contributed by atoms with Gasteiger partial charge in [-0.3, -0.25) is 29.3 Å². The number of aryl methyl sites for hydroxylation is 1. The smallest absolute Gasteiger partial charge is 0.329 e. The van der Waals surface area contributed by atoms with E-state index in [2.05, 4.69) is 26.7 Å². The van der Waals surface area contributed by atoms with E-state index in [0.29, 0.717) is 41.2 Å². The van der Waals surface area contributed by atoms with E-state index >= 15 is 0 Å². The van der Waals surface area contributed by atoms with Crippen LogP contribution in [0, 0.1) is 5.92 Å². The number of carbonyl (C=O) groups is 3. The van der Waals surface area contributed by atoms with E-state index in [9.17, 15) is 24.3 Å². The number of benzene rings is 1. The summed E-state index contributed by atoms with van der Waals surface area (Å²) in [5, 5.41) is 22.1. The number of nitrogens with zero attached hydrogens (tertiary/aromatic N) is 7. The molecule has 15 heteroatoms. The van der Waals surface area contributed by atoms with Crippen LogP contribution in [0.2, 0.25) is 0 Å². The van der Waals surface area contributed by atoms with E-state index < -0.39 is 18.0 Å². The number of ether oxygens (including phenoxy) is 1. The lowest BCUT2D eigenvalue weighted by molar-refractivity contribution is -0.120. The monoisotopic (exact) mass is 789 g/mol. The van der Waals surface area contributed by atoms with E-state index in [4.69, 9.17) is 9.72 Å². The second-order valence-electron chi connectivity index (χ2n) is 16.9. The summed E-state index contributed by atoms with van der Waals surface area (Å²) in [7, 11) is 1.85. The summed E-state index contributed by atoms with van der Waals surface area (Å²) in [6.45, 7) is 6.60. The van der Waals surface area contributed by atoms with Gasteiger partial charge in [0.05, 0.1) is 29.0 Å². The average molecular weight is 790 g/mol. The number of likely N-dealkylation sites (tertiary alicyclic amines) is 1. The van der Waals surface area contributed by atoms with Gasteiger partial charge in [-0.05, 0) is 101 Å². The number of β-amino-alcohol motifs (C(OH)–C–C–N with tert-alkyl or cyclic N) is 1. The first kappa shape index (κ1) is 38.0. The number of aromatic nitrogens is 5. The number of aliphatic hydroxyl groups is 1. The number of urea groups is 1. The molecule has 2 aliphatic carbocycles. The summed E-state index contributed by atoms with van der Waals surface area (Å²) in [4.78, 5) is 59.8. The molecule has 1 aromatic carbocycles. The van der Waals surface area contributed by atoms with Crippen LogP contribution in [-0.2, 0) is 11.8 Å². The predicted molar refractivity (Wildman–Crippen MR) is 219 cm³/mol. The van der Waals surface area contributed by atoms with Crippen LogP contribution in [0.5, 0.6) is 5.75 Å². The lowest BCUT2D eigenvalue weighted by atomic mass is 9.80. The van der Waals surface area contributed by atoms with Crippen molar-refractivity contribution >= 4 is 45.9 Å². The lowest BCUT2D eigenvalue weighted by Crippen LogP contribution is -2.49. The molecule has 304 valence electrons. The molecule has 9 rings (SSSR count). The van der Waals surface area contributed by atoms with Gasteiger partial charge >= 0.3 is 6.03 Å². The predicted octanol–water partition coefficient (Wildman–Crippen LogP) is 5.33. The summed E-state index contributed by atoms with van der Waals surface area (Å²) in [5.41, 5.74) is 4.06. The highest BCUT2D eigenvalue weighted by Gasteiger charge is 2.34. The van der Waals surface area contributed by atoms with Gasteiger partial charge in [-0.25, -0.2) is 9.78 Å². The number of hydrogen-bond donors (Lipinski definition) is 3. The van der Waals surface area contributed by atoms with Crippen LogP contribution in [-0.4, -0.2) is 90.0 Å². The molecule has 2 saturated carbocycles. The normalized spacial score (nSPS) is 23.2. The Morgan fingerprint density at radius 2 is 1.83 bits per heavy atom. The molecule has 4 aliphatic rings. The zero-order valence-electron chi connectivity index (χ0n) is 33.3. The number of piperidine rings is 1. The first-order chi connectivity index (χ1) is 28.0. The number of amides is 4. The van der Waals surface area contributed by atoms with Crippen molar-refractivity contribution in [3.63, 3.8) is 0 Å². The second-order valence-corrected chi connectivity index (χ2v) is 16.9. The van der Waals surface area contributed by atoms with Crippen LogP contribution in [0.1, 0.15) is 105 Å². The van der Waals surface area contributed by atoms with Gasteiger partial charge in [0, 0.05) is 81.0 Å². The molecular weight excluding hydrogens is 739 g/mol. The summed E-state index contributed by atoms with van der Waals surface area (Å²) in [5.74, 6) is 1.12. The van der Waals surface area contributed by atoms with Crippen molar-refractivity contribution in [2.24, 2.45) is 13.0 Å². The van der Waals surface area contributed by atoms with Gasteiger partial charge in [-0.15, -0.1) is 0 Å². The van der Waals surface area contributed by atoms with Crippen molar-refractivity contribution in [2.45, 2.75) is 95.3 Å². The van der Waals surface area contributed by atoms with Crippen LogP contribution < -0.4 is 25.8 Å². The van der Waals surface area contributed by atoms with Crippen molar-refractivity contribution in [3.05, 3.63) is 82.2 Å². The standard InChI is InChI=1S/C43H51N9O6/c1-25(2)58-37-20-38-44-34(23-50(38)22-32(37)41(55)45-33-5-4-16-51(42(33)56)29-11-12-29)27-8-6-26(7-9-27)21-49-17-14-30(36(53)24-49)28-10-13-31-35(19-28)48(3)47-40(31)52-18-15-39(54)46-43(52)57/h4-5,10,13,16,19-20,22-23,25-27,29-30,36,53H,6-9,11-12,14-15,17-18,21,24H2,1-3H3,(H,45,55)(H,46,54,57)/t26-,27-,30-,36-/m1/s1. The first-order valence-electron chi connectivity index (χ1n) is 20.7. The molecule has 58 heavy (non-hydrogen) atoms. The first-order valence-corrected chi connectivity index (χ1v) is 20.7. The van der Waals surface area contributed by atoms with Crippen molar-refractivity contribution < 1.29 is 24.2 Å². The quantitative estimate of drug-likeness (QED) is 0.170. The molecule has 15 nitrogen and oxygen atoms in total. The summed E-state index contributed by atoms with van der Waals surface area (Å²) in [6.07, 6.45) is 12.1. The third kappa shape index (κ3) is 7.48. The number of fused-ring (bicyclic) bond motifs is 2. The Balaban J connectivity index is 0.819. The third-order valence-electron chi connectivity index (χ3n) is 12.4. The molecule has 4 aromatic heterocycles. The number of carbonyl (C=O) groups excluding carboxylic acids is 3. The van der Waals surface area contributed by atoms with Gasteiger partial charge in [-0.2, -0.15) is 5.10 Å². The van der Waals surface area contributed by atoms with Crippen molar-refractivity contribution in [3.8, 4) is 5.75 Å². The lowest BCUT2D eigenvalue weighted by Gasteiger charge is -2.39. The number of imide groups is 1. The summed E-state index contributed by atoms with van der Waals surface area (Å²) >= 11 is 0. The van der Waals surface area contributed by atoms with Gasteiger partial charge < -0.3 is 29.0 Å². The molecule has 2 saturated heterocycles. The molecule has 3 N–H and O–H groups in total. The molecule has 4 amide bonds. The van der Waals surface area contributed by atoms with E-state index in [-0.39, 0.29) is 48.2 Å². The van der Waals surface area contributed by atoms with Crippen molar-refractivity contribution in [1.29, 1.82) is 0 Å². The maximum absolute atomic E-state index is 13.6. The van der Waals surface area contributed by atoms with Crippen LogP contribution >= 0.6 is 0 Å². The number of anilines is 2. The van der Waals surface area contributed by atoms with Crippen molar-refractivity contribution in [2.75, 3.05) is 36.4 Å². The zero-order valence-corrected chi connectivity index (χ0v) is 33.3. The number of imidazole rings is 1. The Morgan fingerprint density at radius 3 is 2.57 bits per heavy atom. The number of nitrogens with one attached hydrogen (secondary N) is 2. The average Bonchev–Trinajstić information content (AvgIpc) is 3.87. The Bertz CT molecular complexity index is 2460. The molecule has 6 heterocycles. The van der Waals surface area contributed by atoms with E-state index in [1.54, 1.807) is 33.8 Å². The van der Waals surface area contributed by atoms with Crippen LogP contribution in [0.4, 0.5) is 16.3 Å². The van der Waals surface area contributed by atoms with Gasteiger partial charge in [0.1, 0.15) is 17.1 Å².